The van der Waals surface area contributed by atoms with Crippen LogP contribution in [0.4, 0.5) is 5.82 Å². The fourth-order valence-electron chi connectivity index (χ4n) is 2.73. The summed E-state index contributed by atoms with van der Waals surface area (Å²) in [6, 6.07) is 4.11. The van der Waals surface area contributed by atoms with E-state index in [9.17, 15) is 0 Å². The van der Waals surface area contributed by atoms with Gasteiger partial charge in [0.1, 0.15) is 6.33 Å². The monoisotopic (exact) mass is 256 g/mol. The first-order valence-electron chi connectivity index (χ1n) is 6.39. The van der Waals surface area contributed by atoms with Crippen LogP contribution >= 0.6 is 0 Å². The third-order valence-corrected chi connectivity index (χ3v) is 3.59. The highest BCUT2D eigenvalue weighted by molar-refractivity contribution is 5.51. The molecule has 5 heteroatoms. The van der Waals surface area contributed by atoms with Crippen LogP contribution in [-0.4, -0.2) is 22.1 Å². The van der Waals surface area contributed by atoms with Gasteiger partial charge in [-0.1, -0.05) is 6.07 Å². The lowest BCUT2D eigenvalue weighted by molar-refractivity contribution is 0.401. The van der Waals surface area contributed by atoms with Gasteiger partial charge in [-0.3, -0.25) is 4.98 Å². The highest BCUT2D eigenvalue weighted by Crippen LogP contribution is 2.39. The van der Waals surface area contributed by atoms with E-state index in [1.165, 1.54) is 11.9 Å². The van der Waals surface area contributed by atoms with Crippen molar-refractivity contribution in [1.29, 1.82) is 0 Å². The van der Waals surface area contributed by atoms with Gasteiger partial charge in [0.15, 0.2) is 11.6 Å². The highest BCUT2D eigenvalue weighted by Gasteiger charge is 2.27. The van der Waals surface area contributed by atoms with Gasteiger partial charge in [0.25, 0.3) is 0 Å². The summed E-state index contributed by atoms with van der Waals surface area (Å²) in [6.07, 6.45) is 6.52. The average Bonchev–Trinajstić information content (AvgIpc) is 2.46. The minimum Gasteiger partial charge on any atom is -0.491 e. The summed E-state index contributed by atoms with van der Waals surface area (Å²) in [5.41, 5.74) is 9.08. The number of hydrogen-bond acceptors (Lipinski definition) is 5. The molecule has 1 aliphatic rings. The second kappa shape index (κ2) is 4.84. The summed E-state index contributed by atoms with van der Waals surface area (Å²) >= 11 is 0. The van der Waals surface area contributed by atoms with E-state index in [0.717, 1.165) is 30.7 Å². The number of aryl methyl sites for hydroxylation is 1. The number of methoxy groups -OCH3 is 1. The molecule has 0 amide bonds. The Morgan fingerprint density at radius 3 is 3.00 bits per heavy atom. The molecule has 0 aromatic carbocycles. The predicted octanol–water partition coefficient (Wildman–Crippen LogP) is 1.93. The third-order valence-electron chi connectivity index (χ3n) is 3.59. The molecule has 0 bridgehead atoms. The molecule has 0 saturated carbocycles. The summed E-state index contributed by atoms with van der Waals surface area (Å²) in [5.74, 6) is 1.10. The Balaban J connectivity index is 2.12. The SMILES string of the molecule is COc1c(N)ncnc1C1CCCc2cccnc21. The second-order valence-electron chi connectivity index (χ2n) is 4.67. The van der Waals surface area contributed by atoms with Crippen LogP contribution in [0.1, 0.15) is 35.7 Å². The van der Waals surface area contributed by atoms with Crippen LogP contribution in [0.2, 0.25) is 0 Å². The molecule has 0 aliphatic heterocycles. The minimum atomic E-state index is 0.144. The first-order chi connectivity index (χ1) is 9.31. The van der Waals surface area contributed by atoms with Crippen LogP contribution < -0.4 is 10.5 Å². The van der Waals surface area contributed by atoms with Gasteiger partial charge in [-0.2, -0.15) is 0 Å². The summed E-state index contributed by atoms with van der Waals surface area (Å²) < 4.78 is 5.37. The molecular formula is C14H16N4O. The van der Waals surface area contributed by atoms with Crippen molar-refractivity contribution in [2.24, 2.45) is 0 Å². The molecule has 3 rings (SSSR count). The van der Waals surface area contributed by atoms with E-state index in [0.29, 0.717) is 11.6 Å². The zero-order valence-corrected chi connectivity index (χ0v) is 10.8. The number of fused-ring (bicyclic) bond motifs is 1. The van der Waals surface area contributed by atoms with Gasteiger partial charge in [0.05, 0.1) is 18.5 Å². The molecule has 2 aromatic rings. The van der Waals surface area contributed by atoms with Crippen LogP contribution in [0.3, 0.4) is 0 Å². The molecule has 0 fully saturated rings. The molecule has 2 N–H and O–H groups in total. The van der Waals surface area contributed by atoms with Crippen molar-refractivity contribution in [3.8, 4) is 5.75 Å². The quantitative estimate of drug-likeness (QED) is 0.888. The lowest BCUT2D eigenvalue weighted by atomic mass is 9.84. The van der Waals surface area contributed by atoms with E-state index in [-0.39, 0.29) is 5.92 Å². The van der Waals surface area contributed by atoms with Gasteiger partial charge in [0.2, 0.25) is 0 Å². The summed E-state index contributed by atoms with van der Waals surface area (Å²) in [6.45, 7) is 0. The summed E-state index contributed by atoms with van der Waals surface area (Å²) in [4.78, 5) is 12.9. The maximum Gasteiger partial charge on any atom is 0.183 e. The van der Waals surface area contributed by atoms with Gasteiger partial charge < -0.3 is 10.5 Å². The predicted molar refractivity (Wildman–Crippen MR) is 72.0 cm³/mol. The number of ether oxygens (including phenoxy) is 1. The van der Waals surface area contributed by atoms with Gasteiger partial charge in [-0.15, -0.1) is 0 Å². The molecule has 0 radical (unpaired) electrons. The van der Waals surface area contributed by atoms with Gasteiger partial charge in [-0.05, 0) is 30.9 Å². The Kier molecular flexibility index (Phi) is 3.03. The third kappa shape index (κ3) is 2.01. The number of anilines is 1. The van der Waals surface area contributed by atoms with Crippen molar-refractivity contribution >= 4 is 5.82 Å². The van der Waals surface area contributed by atoms with Crippen molar-refractivity contribution in [3.05, 3.63) is 41.6 Å². The number of pyridine rings is 1. The Hall–Kier alpha value is -2.17. The van der Waals surface area contributed by atoms with E-state index in [1.54, 1.807) is 7.11 Å². The number of nitrogens with zero attached hydrogens (tertiary/aromatic N) is 3. The first-order valence-corrected chi connectivity index (χ1v) is 6.39. The number of nitrogens with two attached hydrogens (primary N) is 1. The molecule has 2 heterocycles. The van der Waals surface area contributed by atoms with Crippen LogP contribution in [-0.2, 0) is 6.42 Å². The fraction of sp³-hybridized carbons (Fsp3) is 0.357. The van der Waals surface area contributed by atoms with Crippen LogP contribution in [0, 0.1) is 0 Å². The smallest absolute Gasteiger partial charge is 0.183 e. The van der Waals surface area contributed by atoms with E-state index < -0.39 is 0 Å². The molecule has 2 aromatic heterocycles. The lowest BCUT2D eigenvalue weighted by Crippen LogP contribution is -2.16. The minimum absolute atomic E-state index is 0.144. The molecule has 98 valence electrons. The average molecular weight is 256 g/mol. The zero-order chi connectivity index (χ0) is 13.2. The lowest BCUT2D eigenvalue weighted by Gasteiger charge is -2.25. The Labute approximate surface area is 111 Å². The number of hydrogen-bond donors (Lipinski definition) is 1. The normalized spacial score (nSPS) is 17.8. The Morgan fingerprint density at radius 1 is 1.26 bits per heavy atom. The molecule has 1 aliphatic carbocycles. The largest absolute Gasteiger partial charge is 0.491 e. The maximum atomic E-state index is 5.86. The Morgan fingerprint density at radius 2 is 2.16 bits per heavy atom. The standard InChI is InChI=1S/C14H16N4O/c1-19-13-12(17-8-18-14(13)15)10-6-2-4-9-5-3-7-16-11(9)10/h3,5,7-8,10H,2,4,6H2,1H3,(H2,15,17,18). The Bertz CT molecular complexity index is 600. The molecule has 5 nitrogen and oxygen atoms in total. The molecular weight excluding hydrogens is 240 g/mol. The van der Waals surface area contributed by atoms with Crippen molar-refractivity contribution < 1.29 is 4.74 Å². The summed E-state index contributed by atoms with van der Waals surface area (Å²) in [5, 5.41) is 0. The molecule has 0 spiro atoms. The number of rotatable bonds is 2. The first kappa shape index (κ1) is 11.9. The maximum absolute atomic E-state index is 5.86. The van der Waals surface area contributed by atoms with E-state index >= 15 is 0 Å². The number of aromatic nitrogens is 3. The topological polar surface area (TPSA) is 73.9 Å². The van der Waals surface area contributed by atoms with Crippen molar-refractivity contribution in [2.75, 3.05) is 12.8 Å². The van der Waals surface area contributed by atoms with Crippen molar-refractivity contribution in [1.82, 2.24) is 15.0 Å². The van der Waals surface area contributed by atoms with Crippen molar-refractivity contribution in [3.63, 3.8) is 0 Å². The van der Waals surface area contributed by atoms with Gasteiger partial charge in [-0.25, -0.2) is 9.97 Å². The fourth-order valence-corrected chi connectivity index (χ4v) is 2.73. The van der Waals surface area contributed by atoms with E-state index in [1.807, 2.05) is 12.3 Å². The van der Waals surface area contributed by atoms with Crippen molar-refractivity contribution in [2.45, 2.75) is 25.2 Å². The zero-order valence-electron chi connectivity index (χ0n) is 10.8. The second-order valence-corrected chi connectivity index (χ2v) is 4.67. The highest BCUT2D eigenvalue weighted by atomic mass is 16.5. The van der Waals surface area contributed by atoms with Crippen LogP contribution in [0.5, 0.6) is 5.75 Å². The molecule has 1 unspecified atom stereocenters. The summed E-state index contributed by atoms with van der Waals surface area (Å²) in [7, 11) is 1.60. The van der Waals surface area contributed by atoms with Gasteiger partial charge >= 0.3 is 0 Å². The molecule has 0 saturated heterocycles. The molecule has 19 heavy (non-hydrogen) atoms. The molecule has 1 atom stereocenters. The van der Waals surface area contributed by atoms with Crippen LogP contribution in [0.25, 0.3) is 0 Å². The van der Waals surface area contributed by atoms with E-state index in [4.69, 9.17) is 10.5 Å². The number of nitrogen functional groups attached to an aromatic ring is 1. The van der Waals surface area contributed by atoms with Crippen LogP contribution in [0.15, 0.2) is 24.7 Å². The van der Waals surface area contributed by atoms with E-state index in [2.05, 4.69) is 21.0 Å². The van der Waals surface area contributed by atoms with Gasteiger partial charge in [0, 0.05) is 12.1 Å².